The Hall–Kier alpha value is -1.03. The zero-order valence-electron chi connectivity index (χ0n) is 11.1. The molecule has 19 heavy (non-hydrogen) atoms. The second-order valence-corrected chi connectivity index (χ2v) is 5.65. The molecule has 1 aromatic carbocycles. The van der Waals surface area contributed by atoms with Gasteiger partial charge in [0.05, 0.1) is 5.56 Å². The molecule has 104 valence electrons. The Morgan fingerprint density at radius 3 is 3.00 bits per heavy atom. The van der Waals surface area contributed by atoms with Crippen LogP contribution >= 0.6 is 12.6 Å². The lowest BCUT2D eigenvalue weighted by molar-refractivity contribution is 0.0135. The van der Waals surface area contributed by atoms with Gasteiger partial charge in [-0.1, -0.05) is 19.8 Å². The van der Waals surface area contributed by atoms with Gasteiger partial charge in [0, 0.05) is 4.90 Å². The third-order valence-electron chi connectivity index (χ3n) is 3.76. The molecule has 1 aromatic rings. The predicted octanol–water partition coefficient (Wildman–Crippen LogP) is 4.24. The van der Waals surface area contributed by atoms with E-state index in [4.69, 9.17) is 4.74 Å². The van der Waals surface area contributed by atoms with Crippen molar-refractivity contribution < 1.29 is 13.9 Å². The Balaban J connectivity index is 2.02. The average molecular weight is 282 g/mol. The minimum absolute atomic E-state index is 0.0221. The molecule has 2 unspecified atom stereocenters. The van der Waals surface area contributed by atoms with Gasteiger partial charge < -0.3 is 4.74 Å². The molecule has 0 heterocycles. The molecule has 1 fully saturated rings. The number of carbonyl (C=O) groups excluding carboxylic acids is 1. The van der Waals surface area contributed by atoms with Crippen LogP contribution in [0.1, 0.15) is 49.4 Å². The van der Waals surface area contributed by atoms with Crippen molar-refractivity contribution in [2.45, 2.75) is 50.0 Å². The van der Waals surface area contributed by atoms with Crippen LogP contribution in [0.2, 0.25) is 0 Å². The standard InChI is InChI=1S/C15H19FO2S/c1-2-10-4-3-5-11(8-10)18-15(17)13-9-12(19)6-7-14(13)16/h6-7,9-11,19H,2-5,8H2,1H3. The third-order valence-corrected chi connectivity index (χ3v) is 4.03. The molecule has 0 radical (unpaired) electrons. The van der Waals surface area contributed by atoms with Crippen LogP contribution in [-0.4, -0.2) is 12.1 Å². The maximum absolute atomic E-state index is 13.6. The van der Waals surface area contributed by atoms with E-state index in [1.807, 2.05) is 0 Å². The fourth-order valence-corrected chi connectivity index (χ4v) is 2.81. The number of thiol groups is 1. The van der Waals surface area contributed by atoms with E-state index < -0.39 is 11.8 Å². The van der Waals surface area contributed by atoms with Crippen LogP contribution < -0.4 is 0 Å². The van der Waals surface area contributed by atoms with Gasteiger partial charge in [-0.25, -0.2) is 9.18 Å². The fourth-order valence-electron chi connectivity index (χ4n) is 2.60. The van der Waals surface area contributed by atoms with Gasteiger partial charge in [0.25, 0.3) is 0 Å². The summed E-state index contributed by atoms with van der Waals surface area (Å²) in [4.78, 5) is 12.5. The van der Waals surface area contributed by atoms with E-state index in [0.717, 1.165) is 25.7 Å². The normalized spacial score (nSPS) is 23.1. The van der Waals surface area contributed by atoms with Gasteiger partial charge in [-0.2, -0.15) is 0 Å². The lowest BCUT2D eigenvalue weighted by Crippen LogP contribution is -2.25. The topological polar surface area (TPSA) is 26.3 Å². The minimum atomic E-state index is -0.574. The molecule has 0 N–H and O–H groups in total. The Kier molecular flexibility index (Phi) is 4.86. The van der Waals surface area contributed by atoms with Crippen molar-refractivity contribution >= 4 is 18.6 Å². The Labute approximate surface area is 118 Å². The largest absolute Gasteiger partial charge is 0.459 e. The summed E-state index contributed by atoms with van der Waals surface area (Å²) < 4.78 is 19.0. The molecule has 2 atom stereocenters. The monoisotopic (exact) mass is 282 g/mol. The van der Waals surface area contributed by atoms with Crippen LogP contribution in [0, 0.1) is 11.7 Å². The lowest BCUT2D eigenvalue weighted by atomic mass is 9.85. The smallest absolute Gasteiger partial charge is 0.341 e. The number of esters is 1. The van der Waals surface area contributed by atoms with Gasteiger partial charge in [0.1, 0.15) is 11.9 Å². The first-order chi connectivity index (χ1) is 9.10. The highest BCUT2D eigenvalue weighted by atomic mass is 32.1. The zero-order valence-corrected chi connectivity index (χ0v) is 12.0. The van der Waals surface area contributed by atoms with Crippen LogP contribution in [0.25, 0.3) is 0 Å². The van der Waals surface area contributed by atoms with E-state index >= 15 is 0 Å². The molecular weight excluding hydrogens is 263 g/mol. The summed E-state index contributed by atoms with van der Waals surface area (Å²) in [6.45, 7) is 2.15. The molecule has 1 aliphatic carbocycles. The van der Waals surface area contributed by atoms with Gasteiger partial charge >= 0.3 is 5.97 Å². The molecule has 1 aliphatic rings. The van der Waals surface area contributed by atoms with Crippen molar-refractivity contribution in [2.24, 2.45) is 5.92 Å². The third kappa shape index (κ3) is 3.72. The summed E-state index contributed by atoms with van der Waals surface area (Å²) in [5.74, 6) is -0.506. The molecule has 1 saturated carbocycles. The quantitative estimate of drug-likeness (QED) is 0.663. The van der Waals surface area contributed by atoms with Crippen molar-refractivity contribution in [1.29, 1.82) is 0 Å². The Bertz CT molecular complexity index is 461. The maximum atomic E-state index is 13.6. The summed E-state index contributed by atoms with van der Waals surface area (Å²) in [5.41, 5.74) is -0.0221. The number of hydrogen-bond acceptors (Lipinski definition) is 3. The first-order valence-electron chi connectivity index (χ1n) is 6.79. The number of rotatable bonds is 3. The average Bonchev–Trinajstić information content (AvgIpc) is 2.41. The van der Waals surface area contributed by atoms with E-state index in [1.165, 1.54) is 24.6 Å². The van der Waals surface area contributed by atoms with E-state index in [2.05, 4.69) is 19.6 Å². The van der Waals surface area contributed by atoms with Crippen molar-refractivity contribution in [3.05, 3.63) is 29.6 Å². The van der Waals surface area contributed by atoms with Crippen LogP contribution in [0.5, 0.6) is 0 Å². The summed E-state index contributed by atoms with van der Waals surface area (Å²) >= 11 is 4.12. The van der Waals surface area contributed by atoms with E-state index in [9.17, 15) is 9.18 Å². The highest BCUT2D eigenvalue weighted by Gasteiger charge is 2.25. The van der Waals surface area contributed by atoms with E-state index in [0.29, 0.717) is 10.8 Å². The van der Waals surface area contributed by atoms with Gasteiger partial charge in [-0.05, 0) is 43.4 Å². The number of carbonyl (C=O) groups is 1. The molecule has 0 saturated heterocycles. The van der Waals surface area contributed by atoms with Crippen molar-refractivity contribution in [3.8, 4) is 0 Å². The van der Waals surface area contributed by atoms with Crippen LogP contribution in [0.4, 0.5) is 4.39 Å². The molecule has 0 spiro atoms. The second kappa shape index (κ2) is 6.42. The molecular formula is C15H19FO2S. The van der Waals surface area contributed by atoms with Crippen molar-refractivity contribution in [3.63, 3.8) is 0 Å². The number of ether oxygens (including phenoxy) is 1. The van der Waals surface area contributed by atoms with Crippen molar-refractivity contribution in [2.75, 3.05) is 0 Å². The molecule has 0 amide bonds. The molecule has 4 heteroatoms. The van der Waals surface area contributed by atoms with E-state index in [1.54, 1.807) is 0 Å². The minimum Gasteiger partial charge on any atom is -0.459 e. The lowest BCUT2D eigenvalue weighted by Gasteiger charge is -2.28. The number of hydrogen-bond donors (Lipinski definition) is 1. The molecule has 2 rings (SSSR count). The number of halogens is 1. The SMILES string of the molecule is CCC1CCCC(OC(=O)c2cc(S)ccc2F)C1. The highest BCUT2D eigenvalue weighted by Crippen LogP contribution is 2.29. The van der Waals surface area contributed by atoms with Gasteiger partial charge in [0.2, 0.25) is 0 Å². The fraction of sp³-hybridized carbons (Fsp3) is 0.533. The molecule has 0 bridgehead atoms. The molecule has 0 aliphatic heterocycles. The van der Waals surface area contributed by atoms with Gasteiger partial charge in [0.15, 0.2) is 0 Å². The van der Waals surface area contributed by atoms with Gasteiger partial charge in [-0.15, -0.1) is 12.6 Å². The van der Waals surface area contributed by atoms with Crippen LogP contribution in [-0.2, 0) is 4.74 Å². The Morgan fingerprint density at radius 1 is 1.47 bits per heavy atom. The summed E-state index contributed by atoms with van der Waals surface area (Å²) in [6, 6.07) is 4.18. The molecule has 0 aromatic heterocycles. The van der Waals surface area contributed by atoms with Crippen LogP contribution in [0.15, 0.2) is 23.1 Å². The summed E-state index contributed by atoms with van der Waals surface area (Å²) in [6.07, 6.45) is 5.08. The first kappa shape index (κ1) is 14.4. The zero-order chi connectivity index (χ0) is 13.8. The van der Waals surface area contributed by atoms with Crippen molar-refractivity contribution in [1.82, 2.24) is 0 Å². The second-order valence-electron chi connectivity index (χ2n) is 5.13. The summed E-state index contributed by atoms with van der Waals surface area (Å²) in [5, 5.41) is 0. The predicted molar refractivity (Wildman–Crippen MR) is 75.1 cm³/mol. The summed E-state index contributed by atoms with van der Waals surface area (Å²) in [7, 11) is 0. The maximum Gasteiger partial charge on any atom is 0.341 e. The van der Waals surface area contributed by atoms with Crippen LogP contribution in [0.3, 0.4) is 0 Å². The Morgan fingerprint density at radius 2 is 2.26 bits per heavy atom. The van der Waals surface area contributed by atoms with E-state index in [-0.39, 0.29) is 11.7 Å². The first-order valence-corrected chi connectivity index (χ1v) is 7.24. The number of benzene rings is 1. The highest BCUT2D eigenvalue weighted by molar-refractivity contribution is 7.80. The molecule has 2 nitrogen and oxygen atoms in total. The van der Waals surface area contributed by atoms with Gasteiger partial charge in [-0.3, -0.25) is 0 Å².